The van der Waals surface area contributed by atoms with E-state index in [4.69, 9.17) is 11.6 Å². The van der Waals surface area contributed by atoms with Gasteiger partial charge in [-0.2, -0.15) is 0 Å². The Kier molecular flexibility index (Phi) is 6.43. The first-order chi connectivity index (χ1) is 14.2. The Labute approximate surface area is 180 Å². The monoisotopic (exact) mass is 446 g/mol. The fourth-order valence-corrected chi connectivity index (χ4v) is 4.33. The van der Waals surface area contributed by atoms with E-state index in [1.165, 1.54) is 55.4 Å². The van der Waals surface area contributed by atoms with Crippen molar-refractivity contribution in [3.63, 3.8) is 0 Å². The molecule has 3 aromatic carbocycles. The van der Waals surface area contributed by atoms with Crippen LogP contribution in [0.4, 0.5) is 10.1 Å². The summed E-state index contributed by atoms with van der Waals surface area (Å²) in [5.41, 5.74) is 0.776. The number of hydrogen-bond acceptors (Lipinski definition) is 3. The summed E-state index contributed by atoms with van der Waals surface area (Å²) in [5, 5.41) is 0.176. The van der Waals surface area contributed by atoms with E-state index in [1.807, 2.05) is 0 Å². The maximum atomic E-state index is 13.9. The molecule has 0 N–H and O–H groups in total. The number of halogens is 2. The third kappa shape index (κ3) is 4.47. The molecule has 0 bridgehead atoms. The molecule has 0 fully saturated rings. The van der Waals surface area contributed by atoms with E-state index in [1.54, 1.807) is 36.4 Å². The standard InChI is InChI=1S/C22H20ClFN2O3S/c1-25(15-16-8-6-7-11-21(16)24)22(27)19-14-17(12-13-20(19)23)26(2)30(28,29)18-9-4-3-5-10-18/h3-14H,15H2,1-2H3. The average molecular weight is 447 g/mol. The zero-order valence-electron chi connectivity index (χ0n) is 16.4. The summed E-state index contributed by atoms with van der Waals surface area (Å²) in [6, 6.07) is 18.6. The lowest BCUT2D eigenvalue weighted by atomic mass is 10.1. The van der Waals surface area contributed by atoms with Gasteiger partial charge in [0.05, 0.1) is 21.2 Å². The van der Waals surface area contributed by atoms with Gasteiger partial charge in [0.15, 0.2) is 0 Å². The van der Waals surface area contributed by atoms with Crippen LogP contribution in [-0.2, 0) is 16.6 Å². The maximum absolute atomic E-state index is 13.9. The Morgan fingerprint density at radius 2 is 1.60 bits per heavy atom. The lowest BCUT2D eigenvalue weighted by Gasteiger charge is -2.22. The molecule has 0 aliphatic rings. The molecule has 0 saturated carbocycles. The summed E-state index contributed by atoms with van der Waals surface area (Å²) in [6.45, 7) is 0.0458. The molecule has 0 radical (unpaired) electrons. The lowest BCUT2D eigenvalue weighted by Crippen LogP contribution is -2.29. The van der Waals surface area contributed by atoms with Crippen molar-refractivity contribution in [3.8, 4) is 0 Å². The van der Waals surface area contributed by atoms with Crippen LogP contribution < -0.4 is 4.31 Å². The Morgan fingerprint density at radius 1 is 0.967 bits per heavy atom. The van der Waals surface area contributed by atoms with Crippen LogP contribution in [0, 0.1) is 5.82 Å². The first-order valence-corrected chi connectivity index (χ1v) is 10.9. The van der Waals surface area contributed by atoms with Gasteiger partial charge in [0.2, 0.25) is 0 Å². The van der Waals surface area contributed by atoms with Crippen LogP contribution in [0.5, 0.6) is 0 Å². The van der Waals surface area contributed by atoms with E-state index in [-0.39, 0.29) is 27.7 Å². The minimum absolute atomic E-state index is 0.0458. The Morgan fingerprint density at radius 3 is 2.27 bits per heavy atom. The first kappa shape index (κ1) is 21.8. The summed E-state index contributed by atoms with van der Waals surface area (Å²) in [7, 11) is -0.870. The number of hydrogen-bond donors (Lipinski definition) is 0. The molecule has 0 saturated heterocycles. The summed E-state index contributed by atoms with van der Waals surface area (Å²) in [4.78, 5) is 14.4. The smallest absolute Gasteiger partial charge is 0.264 e. The van der Waals surface area contributed by atoms with Crippen molar-refractivity contribution in [2.24, 2.45) is 0 Å². The molecule has 3 rings (SSSR count). The molecule has 8 heteroatoms. The summed E-state index contributed by atoms with van der Waals surface area (Å²) >= 11 is 6.22. The molecule has 156 valence electrons. The molecule has 0 aromatic heterocycles. The van der Waals surface area contributed by atoms with E-state index >= 15 is 0 Å². The largest absolute Gasteiger partial charge is 0.337 e. The molecular formula is C22H20ClFN2O3S. The van der Waals surface area contributed by atoms with E-state index in [0.717, 1.165) is 4.31 Å². The van der Waals surface area contributed by atoms with Crippen molar-refractivity contribution in [2.75, 3.05) is 18.4 Å². The zero-order chi connectivity index (χ0) is 21.9. The van der Waals surface area contributed by atoms with Crippen LogP contribution in [-0.4, -0.2) is 33.3 Å². The van der Waals surface area contributed by atoms with Crippen LogP contribution in [0.1, 0.15) is 15.9 Å². The molecule has 0 spiro atoms. The number of carbonyl (C=O) groups is 1. The van der Waals surface area contributed by atoms with Crippen LogP contribution in [0.15, 0.2) is 77.7 Å². The summed E-state index contributed by atoms with van der Waals surface area (Å²) in [6.07, 6.45) is 0. The highest BCUT2D eigenvalue weighted by Crippen LogP contribution is 2.28. The van der Waals surface area contributed by atoms with Crippen molar-refractivity contribution < 1.29 is 17.6 Å². The van der Waals surface area contributed by atoms with Gasteiger partial charge in [0.1, 0.15) is 5.82 Å². The Balaban J connectivity index is 1.89. The SMILES string of the molecule is CN(Cc1ccccc1F)C(=O)c1cc(N(C)S(=O)(=O)c2ccccc2)ccc1Cl. The van der Waals surface area contributed by atoms with Crippen molar-refractivity contribution in [3.05, 3.63) is 94.8 Å². The molecule has 3 aromatic rings. The summed E-state index contributed by atoms with van der Waals surface area (Å²) in [5.74, 6) is -0.860. The predicted octanol–water partition coefficient (Wildman–Crippen LogP) is 4.58. The van der Waals surface area contributed by atoms with E-state index in [9.17, 15) is 17.6 Å². The van der Waals surface area contributed by atoms with Gasteiger partial charge >= 0.3 is 0 Å². The fraction of sp³-hybridized carbons (Fsp3) is 0.136. The molecular weight excluding hydrogens is 427 g/mol. The predicted molar refractivity (Wildman–Crippen MR) is 116 cm³/mol. The van der Waals surface area contributed by atoms with Gasteiger partial charge in [-0.1, -0.05) is 48.0 Å². The number of carbonyl (C=O) groups excluding carboxylic acids is 1. The topological polar surface area (TPSA) is 57.7 Å². The first-order valence-electron chi connectivity index (χ1n) is 9.04. The number of benzene rings is 3. The number of sulfonamides is 1. The van der Waals surface area contributed by atoms with Gasteiger partial charge < -0.3 is 4.90 Å². The van der Waals surface area contributed by atoms with Gasteiger partial charge in [0, 0.05) is 26.2 Å². The van der Waals surface area contributed by atoms with Crippen LogP contribution in [0.3, 0.4) is 0 Å². The third-order valence-electron chi connectivity index (χ3n) is 4.66. The molecule has 1 amide bonds. The average Bonchev–Trinajstić information content (AvgIpc) is 2.75. The van der Waals surface area contributed by atoms with Gasteiger partial charge in [-0.15, -0.1) is 0 Å². The Bertz CT molecular complexity index is 1170. The van der Waals surface area contributed by atoms with Crippen molar-refractivity contribution >= 4 is 33.2 Å². The summed E-state index contributed by atoms with van der Waals surface area (Å²) < 4.78 is 40.7. The highest BCUT2D eigenvalue weighted by atomic mass is 35.5. The van der Waals surface area contributed by atoms with E-state index < -0.39 is 21.7 Å². The number of nitrogens with zero attached hydrogens (tertiary/aromatic N) is 2. The maximum Gasteiger partial charge on any atom is 0.264 e. The second-order valence-corrected chi connectivity index (χ2v) is 9.08. The molecule has 0 atom stereocenters. The lowest BCUT2D eigenvalue weighted by molar-refractivity contribution is 0.0784. The van der Waals surface area contributed by atoms with E-state index in [2.05, 4.69) is 0 Å². The van der Waals surface area contributed by atoms with Crippen LogP contribution in [0.25, 0.3) is 0 Å². The van der Waals surface area contributed by atoms with Gasteiger partial charge in [-0.05, 0) is 36.4 Å². The van der Waals surface area contributed by atoms with Crippen molar-refractivity contribution in [1.29, 1.82) is 0 Å². The van der Waals surface area contributed by atoms with Crippen molar-refractivity contribution in [1.82, 2.24) is 4.90 Å². The van der Waals surface area contributed by atoms with Gasteiger partial charge in [-0.3, -0.25) is 9.10 Å². The molecule has 0 heterocycles. The minimum Gasteiger partial charge on any atom is -0.337 e. The molecule has 0 aliphatic carbocycles. The number of rotatable bonds is 6. The molecule has 0 aliphatic heterocycles. The highest BCUT2D eigenvalue weighted by molar-refractivity contribution is 7.92. The normalized spacial score (nSPS) is 11.2. The highest BCUT2D eigenvalue weighted by Gasteiger charge is 2.23. The van der Waals surface area contributed by atoms with E-state index in [0.29, 0.717) is 5.56 Å². The molecule has 5 nitrogen and oxygen atoms in total. The van der Waals surface area contributed by atoms with Crippen LogP contribution in [0.2, 0.25) is 5.02 Å². The van der Waals surface area contributed by atoms with Gasteiger partial charge in [-0.25, -0.2) is 12.8 Å². The van der Waals surface area contributed by atoms with Crippen molar-refractivity contribution in [2.45, 2.75) is 11.4 Å². The fourth-order valence-electron chi connectivity index (χ4n) is 2.92. The molecule has 30 heavy (non-hydrogen) atoms. The Hall–Kier alpha value is -2.90. The minimum atomic E-state index is -3.81. The van der Waals surface area contributed by atoms with Crippen LogP contribution >= 0.6 is 11.6 Å². The van der Waals surface area contributed by atoms with Gasteiger partial charge in [0.25, 0.3) is 15.9 Å². The second-order valence-electron chi connectivity index (χ2n) is 6.70. The third-order valence-corrected chi connectivity index (χ3v) is 6.79. The zero-order valence-corrected chi connectivity index (χ0v) is 18.0. The quantitative estimate of drug-likeness (QED) is 0.557. The number of anilines is 1. The molecule has 0 unspecified atom stereocenters. The second kappa shape index (κ2) is 8.85. The number of amides is 1.